The van der Waals surface area contributed by atoms with Crippen molar-refractivity contribution in [3.63, 3.8) is 0 Å². The summed E-state index contributed by atoms with van der Waals surface area (Å²) in [4.78, 5) is 49.1. The molecule has 120 valence electrons. The molecule has 7 nitrogen and oxygen atoms in total. The maximum Gasteiger partial charge on any atom is 0.261 e. The summed E-state index contributed by atoms with van der Waals surface area (Å²) in [5.74, 6) is -2.22. The van der Waals surface area contributed by atoms with Crippen LogP contribution in [0.5, 0.6) is 0 Å². The van der Waals surface area contributed by atoms with Gasteiger partial charge in [-0.3, -0.25) is 29.4 Å². The molecule has 3 N–H and O–H groups in total. The van der Waals surface area contributed by atoms with Crippen LogP contribution in [0.2, 0.25) is 0 Å². The van der Waals surface area contributed by atoms with Gasteiger partial charge in [-0.15, -0.1) is 0 Å². The van der Waals surface area contributed by atoms with Gasteiger partial charge in [0, 0.05) is 18.3 Å². The summed E-state index contributed by atoms with van der Waals surface area (Å²) in [6, 6.07) is 10.4. The van der Waals surface area contributed by atoms with Crippen molar-refractivity contribution in [1.82, 2.24) is 10.2 Å². The normalized spacial score (nSPS) is 13.0. The van der Waals surface area contributed by atoms with Gasteiger partial charge in [0.25, 0.3) is 23.6 Å². The molecule has 0 aliphatic carbocycles. The molecule has 0 atom stereocenters. The lowest BCUT2D eigenvalue weighted by molar-refractivity contribution is 0.0692. The zero-order chi connectivity index (χ0) is 17.4. The van der Waals surface area contributed by atoms with Gasteiger partial charge in [0.1, 0.15) is 0 Å². The van der Waals surface area contributed by atoms with Gasteiger partial charge in [0.2, 0.25) is 0 Å². The molecule has 3 rings (SSSR count). The first-order chi connectivity index (χ1) is 11.4. The average molecular weight is 323 g/mol. The molecule has 0 saturated carbocycles. The minimum atomic E-state index is -0.680. The van der Waals surface area contributed by atoms with Crippen molar-refractivity contribution < 1.29 is 19.2 Å². The molecule has 0 bridgehead atoms. The van der Waals surface area contributed by atoms with Crippen LogP contribution < -0.4 is 11.1 Å². The van der Waals surface area contributed by atoms with Crippen LogP contribution in [0.1, 0.15) is 41.4 Å². The van der Waals surface area contributed by atoms with Gasteiger partial charge in [-0.2, -0.15) is 0 Å². The van der Waals surface area contributed by atoms with E-state index in [0.717, 1.165) is 4.90 Å². The van der Waals surface area contributed by atoms with E-state index in [-0.39, 0.29) is 27.9 Å². The largest absolute Gasteiger partial charge is 0.398 e. The fourth-order valence-electron chi connectivity index (χ4n) is 2.45. The van der Waals surface area contributed by atoms with Crippen molar-refractivity contribution in [1.29, 1.82) is 0 Å². The van der Waals surface area contributed by atoms with E-state index >= 15 is 0 Å². The summed E-state index contributed by atoms with van der Waals surface area (Å²) in [7, 11) is 1.37. The van der Waals surface area contributed by atoms with Crippen molar-refractivity contribution in [2.45, 2.75) is 0 Å². The van der Waals surface area contributed by atoms with Crippen molar-refractivity contribution in [3.8, 4) is 0 Å². The standard InChI is InChI=1S/C17H13N3O4/c1-20-16(23)10-7-6-9(8-12(10)17(20)24)14(21)19-15(22)11-4-2-3-5-13(11)18/h2-8H,18H2,1H3,(H,19,21,22). The van der Waals surface area contributed by atoms with E-state index in [4.69, 9.17) is 5.73 Å². The second kappa shape index (κ2) is 5.62. The first-order valence-electron chi connectivity index (χ1n) is 7.06. The van der Waals surface area contributed by atoms with Crippen LogP contribution in [0.25, 0.3) is 0 Å². The Bertz CT molecular complexity index is 904. The molecule has 1 heterocycles. The molecule has 1 aliphatic heterocycles. The molecule has 0 radical (unpaired) electrons. The summed E-state index contributed by atoms with van der Waals surface area (Å²) in [5.41, 5.74) is 6.61. The number of amides is 4. The summed E-state index contributed by atoms with van der Waals surface area (Å²) in [6.45, 7) is 0. The third-order valence-corrected chi connectivity index (χ3v) is 3.78. The van der Waals surface area contributed by atoms with Crippen LogP contribution in [0.15, 0.2) is 42.5 Å². The van der Waals surface area contributed by atoms with Crippen LogP contribution in [0.4, 0.5) is 5.69 Å². The van der Waals surface area contributed by atoms with E-state index < -0.39 is 23.6 Å². The predicted octanol–water partition coefficient (Wildman–Crippen LogP) is 1.06. The number of nitrogens with one attached hydrogen (secondary N) is 1. The molecular formula is C17H13N3O4. The number of hydrogen-bond donors (Lipinski definition) is 2. The lowest BCUT2D eigenvalue weighted by atomic mass is 10.1. The van der Waals surface area contributed by atoms with Crippen molar-refractivity contribution in [3.05, 3.63) is 64.7 Å². The molecule has 7 heteroatoms. The third-order valence-electron chi connectivity index (χ3n) is 3.78. The number of para-hydroxylation sites is 1. The van der Waals surface area contributed by atoms with E-state index in [9.17, 15) is 19.2 Å². The molecule has 1 aliphatic rings. The Hall–Kier alpha value is -3.48. The molecule has 2 aromatic carbocycles. The van der Waals surface area contributed by atoms with Crippen LogP contribution in [-0.4, -0.2) is 35.6 Å². The Morgan fingerprint density at radius 2 is 1.62 bits per heavy atom. The van der Waals surface area contributed by atoms with Gasteiger partial charge in [-0.25, -0.2) is 0 Å². The van der Waals surface area contributed by atoms with Gasteiger partial charge in [0.05, 0.1) is 16.7 Å². The van der Waals surface area contributed by atoms with Gasteiger partial charge in [-0.05, 0) is 30.3 Å². The maximum atomic E-state index is 12.2. The maximum absolute atomic E-state index is 12.2. The van der Waals surface area contributed by atoms with Crippen LogP contribution >= 0.6 is 0 Å². The number of carbonyl (C=O) groups is 4. The highest BCUT2D eigenvalue weighted by Gasteiger charge is 2.33. The van der Waals surface area contributed by atoms with Crippen molar-refractivity contribution in [2.24, 2.45) is 0 Å². The number of carbonyl (C=O) groups excluding carboxylic acids is 4. The lowest BCUT2D eigenvalue weighted by Gasteiger charge is -2.07. The molecular weight excluding hydrogens is 310 g/mol. The summed E-state index contributed by atoms with van der Waals surface area (Å²) >= 11 is 0. The van der Waals surface area contributed by atoms with E-state index in [1.54, 1.807) is 18.2 Å². The average Bonchev–Trinajstić information content (AvgIpc) is 2.79. The number of anilines is 1. The summed E-state index contributed by atoms with van der Waals surface area (Å²) in [6.07, 6.45) is 0. The number of nitrogen functional groups attached to an aromatic ring is 1. The number of benzene rings is 2. The smallest absolute Gasteiger partial charge is 0.261 e. The number of hydrogen-bond acceptors (Lipinski definition) is 5. The highest BCUT2D eigenvalue weighted by atomic mass is 16.2. The summed E-state index contributed by atoms with van der Waals surface area (Å²) < 4.78 is 0. The molecule has 2 aromatic rings. The molecule has 0 saturated heterocycles. The zero-order valence-corrected chi connectivity index (χ0v) is 12.7. The Labute approximate surface area is 137 Å². The first kappa shape index (κ1) is 15.4. The quantitative estimate of drug-likeness (QED) is 0.634. The Morgan fingerprint density at radius 1 is 0.958 bits per heavy atom. The van der Waals surface area contributed by atoms with Crippen LogP contribution in [0.3, 0.4) is 0 Å². The van der Waals surface area contributed by atoms with E-state index in [1.807, 2.05) is 0 Å². The fraction of sp³-hybridized carbons (Fsp3) is 0.0588. The van der Waals surface area contributed by atoms with Crippen molar-refractivity contribution in [2.75, 3.05) is 12.8 Å². The Kier molecular flexibility index (Phi) is 3.61. The van der Waals surface area contributed by atoms with Crippen LogP contribution in [0, 0.1) is 0 Å². The molecule has 0 unspecified atom stereocenters. The number of imide groups is 2. The Morgan fingerprint density at radius 3 is 2.33 bits per heavy atom. The molecule has 0 aromatic heterocycles. The molecule has 0 spiro atoms. The SMILES string of the molecule is CN1C(=O)c2ccc(C(=O)NC(=O)c3ccccc3N)cc2C1=O. The van der Waals surface area contributed by atoms with E-state index in [2.05, 4.69) is 5.32 Å². The summed E-state index contributed by atoms with van der Waals surface area (Å²) in [5, 5.41) is 2.21. The topological polar surface area (TPSA) is 110 Å². The van der Waals surface area contributed by atoms with Gasteiger partial charge in [-0.1, -0.05) is 12.1 Å². The molecule has 0 fully saturated rings. The number of fused-ring (bicyclic) bond motifs is 1. The van der Waals surface area contributed by atoms with E-state index in [0.29, 0.717) is 0 Å². The second-order valence-electron chi connectivity index (χ2n) is 5.30. The van der Waals surface area contributed by atoms with Gasteiger partial charge in [0.15, 0.2) is 0 Å². The monoisotopic (exact) mass is 323 g/mol. The fourth-order valence-corrected chi connectivity index (χ4v) is 2.45. The van der Waals surface area contributed by atoms with Gasteiger partial charge >= 0.3 is 0 Å². The molecule has 4 amide bonds. The first-order valence-corrected chi connectivity index (χ1v) is 7.06. The number of rotatable bonds is 2. The van der Waals surface area contributed by atoms with Gasteiger partial charge < -0.3 is 5.73 Å². The zero-order valence-electron chi connectivity index (χ0n) is 12.7. The van der Waals surface area contributed by atoms with Crippen molar-refractivity contribution >= 4 is 29.3 Å². The highest BCUT2D eigenvalue weighted by Crippen LogP contribution is 2.22. The van der Waals surface area contributed by atoms with E-state index in [1.165, 1.54) is 31.3 Å². The Balaban J connectivity index is 1.85. The van der Waals surface area contributed by atoms with Crippen LogP contribution in [-0.2, 0) is 0 Å². The lowest BCUT2D eigenvalue weighted by Crippen LogP contribution is -2.31. The third kappa shape index (κ3) is 2.41. The second-order valence-corrected chi connectivity index (χ2v) is 5.30. The predicted molar refractivity (Wildman–Crippen MR) is 85.5 cm³/mol. The number of nitrogens with zero attached hydrogens (tertiary/aromatic N) is 1. The number of nitrogens with two attached hydrogens (primary N) is 1. The minimum absolute atomic E-state index is 0.105. The minimum Gasteiger partial charge on any atom is -0.398 e. The highest BCUT2D eigenvalue weighted by molar-refractivity contribution is 6.22. The molecule has 24 heavy (non-hydrogen) atoms.